The van der Waals surface area contributed by atoms with Crippen LogP contribution in [-0.2, 0) is 0 Å². The summed E-state index contributed by atoms with van der Waals surface area (Å²) in [5.41, 5.74) is 0.773. The molecular formula is C11H5I3O. The van der Waals surface area contributed by atoms with Gasteiger partial charge >= 0.3 is 0 Å². The van der Waals surface area contributed by atoms with Crippen LogP contribution in [0.4, 0.5) is 0 Å². The summed E-state index contributed by atoms with van der Waals surface area (Å²) in [7, 11) is 0. The van der Waals surface area contributed by atoms with Crippen molar-refractivity contribution >= 4 is 84.8 Å². The number of hydrogen-bond acceptors (Lipinski definition) is 1. The Morgan fingerprint density at radius 3 is 2.47 bits per heavy atom. The molecule has 2 rings (SSSR count). The summed E-state index contributed by atoms with van der Waals surface area (Å²) in [5, 5.41) is 2.41. The van der Waals surface area contributed by atoms with Gasteiger partial charge in [0, 0.05) is 21.7 Å². The third kappa shape index (κ3) is 2.17. The molecule has 4 heteroatoms. The zero-order chi connectivity index (χ0) is 11.0. The van der Waals surface area contributed by atoms with E-state index < -0.39 is 0 Å². The monoisotopic (exact) mass is 534 g/mol. The first-order valence-electron chi connectivity index (χ1n) is 4.16. The van der Waals surface area contributed by atoms with Crippen molar-refractivity contribution < 1.29 is 4.79 Å². The Morgan fingerprint density at radius 2 is 1.80 bits per heavy atom. The molecule has 0 fully saturated rings. The van der Waals surface area contributed by atoms with Crippen molar-refractivity contribution in [3.8, 4) is 0 Å². The van der Waals surface area contributed by atoms with Gasteiger partial charge in [-0.1, -0.05) is 12.1 Å². The summed E-state index contributed by atoms with van der Waals surface area (Å²) in [5.74, 6) is 0. The van der Waals surface area contributed by atoms with Crippen molar-refractivity contribution in [2.24, 2.45) is 0 Å². The Kier molecular flexibility index (Phi) is 3.87. The Hall–Kier alpha value is 0.560. The van der Waals surface area contributed by atoms with Crippen molar-refractivity contribution in [2.45, 2.75) is 0 Å². The molecule has 2 aromatic rings. The van der Waals surface area contributed by atoms with Crippen LogP contribution in [0.25, 0.3) is 10.8 Å². The van der Waals surface area contributed by atoms with Crippen LogP contribution in [0, 0.1) is 10.7 Å². The van der Waals surface area contributed by atoms with Crippen LogP contribution in [0.15, 0.2) is 24.3 Å². The third-order valence-corrected chi connectivity index (χ3v) is 5.11. The smallest absolute Gasteiger partial charge is 0.151 e. The van der Waals surface area contributed by atoms with Gasteiger partial charge in [0.1, 0.15) is 0 Å². The highest BCUT2D eigenvalue weighted by atomic mass is 127. The zero-order valence-corrected chi connectivity index (χ0v) is 13.9. The minimum absolute atomic E-state index is 0.773. The first-order chi connectivity index (χ1) is 7.15. The largest absolute Gasteiger partial charge is 0.298 e. The summed E-state index contributed by atoms with van der Waals surface area (Å²) >= 11 is 6.84. The molecule has 0 aliphatic heterocycles. The highest BCUT2D eigenvalue weighted by Gasteiger charge is 2.10. The van der Waals surface area contributed by atoms with E-state index in [0.717, 1.165) is 24.4 Å². The van der Waals surface area contributed by atoms with Crippen LogP contribution >= 0.6 is 67.8 Å². The minimum atomic E-state index is 0.773. The molecule has 0 aliphatic rings. The first-order valence-corrected chi connectivity index (χ1v) is 7.40. The van der Waals surface area contributed by atoms with Crippen LogP contribution < -0.4 is 0 Å². The molecule has 0 spiro atoms. The lowest BCUT2D eigenvalue weighted by molar-refractivity contribution is 0.112. The average Bonchev–Trinajstić information content (AvgIpc) is 2.23. The third-order valence-electron chi connectivity index (χ3n) is 2.15. The Labute approximate surface area is 128 Å². The summed E-state index contributed by atoms with van der Waals surface area (Å²) in [4.78, 5) is 10.9. The van der Waals surface area contributed by atoms with Gasteiger partial charge in [0.25, 0.3) is 0 Å². The molecule has 0 N–H and O–H groups in total. The molecule has 0 heterocycles. The summed E-state index contributed by atoms with van der Waals surface area (Å²) in [6, 6.07) is 8.12. The van der Waals surface area contributed by atoms with Crippen molar-refractivity contribution in [1.29, 1.82) is 0 Å². The SMILES string of the molecule is O=Cc1cc(I)c2c(I)cccc2c1I. The topological polar surface area (TPSA) is 17.1 Å². The second-order valence-corrected chi connectivity index (χ2v) is 6.44. The first kappa shape index (κ1) is 12.0. The lowest BCUT2D eigenvalue weighted by atomic mass is 10.1. The number of hydrogen-bond donors (Lipinski definition) is 0. The van der Waals surface area contributed by atoms with Crippen molar-refractivity contribution in [3.05, 3.63) is 40.5 Å². The molecule has 15 heavy (non-hydrogen) atoms. The molecule has 0 atom stereocenters. The minimum Gasteiger partial charge on any atom is -0.298 e. The van der Waals surface area contributed by atoms with Crippen molar-refractivity contribution in [1.82, 2.24) is 0 Å². The summed E-state index contributed by atoms with van der Waals surface area (Å²) in [6.07, 6.45) is 0.920. The lowest BCUT2D eigenvalue weighted by Crippen LogP contribution is -1.92. The molecule has 0 bridgehead atoms. The highest BCUT2D eigenvalue weighted by Crippen LogP contribution is 2.31. The molecular weight excluding hydrogens is 529 g/mol. The number of halogens is 3. The van der Waals surface area contributed by atoms with E-state index in [0.29, 0.717) is 0 Å². The van der Waals surface area contributed by atoms with Crippen LogP contribution in [-0.4, -0.2) is 6.29 Å². The highest BCUT2D eigenvalue weighted by molar-refractivity contribution is 14.1. The van der Waals surface area contributed by atoms with Crippen LogP contribution in [0.2, 0.25) is 0 Å². The van der Waals surface area contributed by atoms with Crippen LogP contribution in [0.3, 0.4) is 0 Å². The lowest BCUT2D eigenvalue weighted by Gasteiger charge is -2.07. The second kappa shape index (κ2) is 4.82. The van der Waals surface area contributed by atoms with E-state index in [1.54, 1.807) is 0 Å². The van der Waals surface area contributed by atoms with Crippen LogP contribution in [0.1, 0.15) is 10.4 Å². The average molecular weight is 534 g/mol. The number of benzene rings is 2. The molecule has 0 saturated carbocycles. The van der Waals surface area contributed by atoms with Gasteiger partial charge < -0.3 is 0 Å². The Bertz CT molecular complexity index is 549. The molecule has 76 valence electrons. The quantitative estimate of drug-likeness (QED) is 0.391. The molecule has 0 aliphatic carbocycles. The molecule has 0 radical (unpaired) electrons. The fourth-order valence-electron chi connectivity index (χ4n) is 1.46. The molecule has 0 aromatic heterocycles. The number of aldehydes is 1. The number of fused-ring (bicyclic) bond motifs is 1. The van der Waals surface area contributed by atoms with Gasteiger partial charge in [0.15, 0.2) is 6.29 Å². The summed E-state index contributed by atoms with van der Waals surface area (Å²) in [6.45, 7) is 0. The van der Waals surface area contributed by atoms with E-state index in [1.165, 1.54) is 8.96 Å². The maximum Gasteiger partial charge on any atom is 0.151 e. The van der Waals surface area contributed by atoms with Gasteiger partial charge in [0.05, 0.1) is 0 Å². The normalized spacial score (nSPS) is 10.6. The fraction of sp³-hybridized carbons (Fsp3) is 0. The summed E-state index contributed by atoms with van der Waals surface area (Å²) < 4.78 is 3.40. The van der Waals surface area contributed by atoms with E-state index in [-0.39, 0.29) is 0 Å². The van der Waals surface area contributed by atoms with E-state index in [9.17, 15) is 4.79 Å². The molecule has 0 unspecified atom stereocenters. The van der Waals surface area contributed by atoms with E-state index in [4.69, 9.17) is 0 Å². The van der Waals surface area contributed by atoms with Gasteiger partial charge in [-0.15, -0.1) is 0 Å². The number of carbonyl (C=O) groups excluding carboxylic acids is 1. The van der Waals surface area contributed by atoms with E-state index in [2.05, 4.69) is 79.9 Å². The van der Waals surface area contributed by atoms with Gasteiger partial charge in [-0.3, -0.25) is 4.79 Å². The molecule has 1 nitrogen and oxygen atoms in total. The van der Waals surface area contributed by atoms with Crippen LogP contribution in [0.5, 0.6) is 0 Å². The standard InChI is InChI=1S/C11H5I3O/c12-8-3-1-2-7-10(8)9(13)4-6(5-15)11(7)14/h1-5H. The second-order valence-electron chi connectivity index (χ2n) is 3.04. The van der Waals surface area contributed by atoms with Gasteiger partial charge in [-0.05, 0) is 85.3 Å². The number of carbonyl (C=O) groups is 1. The molecule has 2 aromatic carbocycles. The van der Waals surface area contributed by atoms with Gasteiger partial charge in [-0.25, -0.2) is 0 Å². The maximum atomic E-state index is 10.9. The van der Waals surface area contributed by atoms with E-state index in [1.807, 2.05) is 12.1 Å². The van der Waals surface area contributed by atoms with Gasteiger partial charge in [0.2, 0.25) is 0 Å². The predicted molar refractivity (Wildman–Crippen MR) is 87.5 cm³/mol. The van der Waals surface area contributed by atoms with Crippen molar-refractivity contribution in [3.63, 3.8) is 0 Å². The Balaban J connectivity index is 2.99. The van der Waals surface area contributed by atoms with Crippen molar-refractivity contribution in [2.75, 3.05) is 0 Å². The molecule has 0 saturated heterocycles. The number of rotatable bonds is 1. The predicted octanol–water partition coefficient (Wildman–Crippen LogP) is 4.47. The molecule has 0 amide bonds. The zero-order valence-electron chi connectivity index (χ0n) is 7.43. The van der Waals surface area contributed by atoms with Gasteiger partial charge in [-0.2, -0.15) is 0 Å². The van der Waals surface area contributed by atoms with E-state index >= 15 is 0 Å². The Morgan fingerprint density at radius 1 is 1.07 bits per heavy atom. The maximum absolute atomic E-state index is 10.9. The fourth-order valence-corrected chi connectivity index (χ4v) is 4.42.